The molecule has 21 heteroatoms. The average molecular weight is 789 g/mol. The van der Waals surface area contributed by atoms with Crippen molar-refractivity contribution in [3.8, 4) is 5.75 Å². The molecule has 0 aliphatic heterocycles. The predicted molar refractivity (Wildman–Crippen MR) is 151 cm³/mol. The summed E-state index contributed by atoms with van der Waals surface area (Å²) < 4.78 is 196. The summed E-state index contributed by atoms with van der Waals surface area (Å²) in [5.41, 5.74) is -14.7. The fraction of sp³-hybridized carbons (Fsp3) is 0.645. The van der Waals surface area contributed by atoms with Crippen molar-refractivity contribution in [1.29, 1.82) is 0 Å². The van der Waals surface area contributed by atoms with Gasteiger partial charge in [0.2, 0.25) is 0 Å². The lowest BCUT2D eigenvalue weighted by Gasteiger charge is -2.36. The maximum Gasteiger partial charge on any atom is 0.430 e. The lowest BCUT2D eigenvalue weighted by atomic mass is 9.79. The van der Waals surface area contributed by atoms with E-state index in [1.54, 1.807) is 0 Å². The van der Waals surface area contributed by atoms with E-state index in [9.17, 15) is 80.9 Å². The van der Waals surface area contributed by atoms with Gasteiger partial charge in [-0.15, -0.1) is 0 Å². The van der Waals surface area contributed by atoms with E-state index in [0.29, 0.717) is 31.4 Å². The molecule has 0 heterocycles. The molecule has 3 unspecified atom stereocenters. The minimum atomic E-state index is -6.03. The molecular formula is C31H35F15O6. The second-order valence-electron chi connectivity index (χ2n) is 12.6. The third kappa shape index (κ3) is 10.9. The first-order chi connectivity index (χ1) is 23.1. The van der Waals surface area contributed by atoms with Gasteiger partial charge in [0.15, 0.2) is 0 Å². The second kappa shape index (κ2) is 16.0. The summed E-state index contributed by atoms with van der Waals surface area (Å²) in [5.74, 6) is -2.35. The lowest BCUT2D eigenvalue weighted by molar-refractivity contribution is -0.376. The molecule has 2 aliphatic carbocycles. The molecule has 1 aromatic rings. The number of carbonyl (C=O) groups is 1. The lowest BCUT2D eigenvalue weighted by Crippen LogP contribution is -2.58. The molecule has 3 N–H and O–H groups in total. The fourth-order valence-corrected chi connectivity index (χ4v) is 5.52. The summed E-state index contributed by atoms with van der Waals surface area (Å²) in [5, 5.41) is 28.5. The van der Waals surface area contributed by atoms with Crippen LogP contribution < -0.4 is 4.74 Å². The topological polar surface area (TPSA) is 96.2 Å². The highest BCUT2D eigenvalue weighted by molar-refractivity contribution is 5.88. The summed E-state index contributed by atoms with van der Waals surface area (Å²) in [6.45, 7) is 7.96. The molecule has 6 nitrogen and oxygen atoms in total. The summed E-state index contributed by atoms with van der Waals surface area (Å²) >= 11 is 0. The predicted octanol–water partition coefficient (Wildman–Crippen LogP) is 8.74. The van der Waals surface area contributed by atoms with Crippen molar-refractivity contribution in [2.45, 2.75) is 93.6 Å². The van der Waals surface area contributed by atoms with Crippen LogP contribution in [0.4, 0.5) is 65.9 Å². The normalized spacial score (nSPS) is 19.9. The SMILES string of the molecule is C=C(C(=O)OC)C(F)(F)F.C=CCOc1cc(C(C)(C)O)cc(C(O)(C(F)(F)F)C(F)(F)F)c1.OC(CC1CC2CCC1C2)(C(F)(F)F)C(F)(F)F. The molecule has 300 valence electrons. The van der Waals surface area contributed by atoms with Crippen molar-refractivity contribution >= 4 is 5.97 Å². The smallest absolute Gasteiger partial charge is 0.430 e. The molecule has 2 fully saturated rings. The van der Waals surface area contributed by atoms with Crippen LogP contribution in [0.5, 0.6) is 5.75 Å². The van der Waals surface area contributed by atoms with Gasteiger partial charge in [-0.3, -0.25) is 0 Å². The number of aliphatic hydroxyl groups is 3. The van der Waals surface area contributed by atoms with Gasteiger partial charge in [-0.25, -0.2) is 4.79 Å². The number of fused-ring (bicyclic) bond motifs is 2. The number of alkyl halides is 15. The van der Waals surface area contributed by atoms with Gasteiger partial charge in [-0.2, -0.15) is 65.9 Å². The van der Waals surface area contributed by atoms with E-state index in [1.807, 2.05) is 0 Å². The second-order valence-corrected chi connectivity index (χ2v) is 12.6. The summed E-state index contributed by atoms with van der Waals surface area (Å²) in [4.78, 5) is 10.1. The first-order valence-corrected chi connectivity index (χ1v) is 14.8. The quantitative estimate of drug-likeness (QED) is 0.106. The standard InChI is InChI=1S/C15H16F6O3.C11H14F6O.C5H5F3O2/c1-4-5-24-11-7-9(12(2,3)22)6-10(8-11)13(23,14(16,17)18)15(19,20)21;12-10(13,14)9(18,11(15,16)17)5-8-4-6-1-2-7(8)3-6;1-3(4(9)10-2)5(6,7)8/h4,6-8,22-23H,1,5H2,2-3H3;6-8,18H,1-5H2;1H2,2H3. The molecule has 3 rings (SSSR count). The van der Waals surface area contributed by atoms with Crippen molar-refractivity contribution in [2.75, 3.05) is 13.7 Å². The molecule has 0 radical (unpaired) electrons. The monoisotopic (exact) mass is 788 g/mol. The highest BCUT2D eigenvalue weighted by Gasteiger charge is 2.72. The molecule has 0 aromatic heterocycles. The summed E-state index contributed by atoms with van der Waals surface area (Å²) in [6.07, 6.45) is -25.5. The zero-order valence-corrected chi connectivity index (χ0v) is 27.4. The first kappa shape index (κ1) is 46.8. The van der Waals surface area contributed by atoms with Gasteiger partial charge in [0, 0.05) is 5.56 Å². The minimum Gasteiger partial charge on any atom is -0.490 e. The highest BCUT2D eigenvalue weighted by Crippen LogP contribution is 2.55. The Morgan fingerprint density at radius 3 is 1.58 bits per heavy atom. The van der Waals surface area contributed by atoms with Crippen LogP contribution in [0.3, 0.4) is 0 Å². The molecule has 3 atom stereocenters. The van der Waals surface area contributed by atoms with E-state index < -0.39 is 77.1 Å². The van der Waals surface area contributed by atoms with Gasteiger partial charge < -0.3 is 24.8 Å². The van der Waals surface area contributed by atoms with Crippen molar-refractivity contribution in [3.05, 3.63) is 54.1 Å². The fourth-order valence-electron chi connectivity index (χ4n) is 5.52. The van der Waals surface area contributed by atoms with Gasteiger partial charge >= 0.3 is 36.9 Å². The number of hydrogen-bond acceptors (Lipinski definition) is 6. The van der Waals surface area contributed by atoms with Gasteiger partial charge in [0.05, 0.1) is 12.7 Å². The Hall–Kier alpha value is -3.20. The number of halogens is 15. The van der Waals surface area contributed by atoms with Gasteiger partial charge in [0.1, 0.15) is 17.9 Å². The zero-order valence-electron chi connectivity index (χ0n) is 27.4. The van der Waals surface area contributed by atoms with E-state index in [1.165, 1.54) is 19.9 Å². The Kier molecular flexibility index (Phi) is 14.4. The Morgan fingerprint density at radius 1 is 0.788 bits per heavy atom. The van der Waals surface area contributed by atoms with Crippen LogP contribution >= 0.6 is 0 Å². The summed E-state index contributed by atoms with van der Waals surface area (Å²) in [6, 6.07) is 1.96. The van der Waals surface area contributed by atoms with E-state index in [0.717, 1.165) is 19.6 Å². The van der Waals surface area contributed by atoms with E-state index in [4.69, 9.17) is 9.84 Å². The largest absolute Gasteiger partial charge is 0.490 e. The molecule has 1 aromatic carbocycles. The molecule has 2 bridgehead atoms. The number of esters is 1. The number of hydrogen-bond donors (Lipinski definition) is 3. The van der Waals surface area contributed by atoms with Crippen LogP contribution in [-0.4, -0.2) is 71.5 Å². The van der Waals surface area contributed by atoms with Crippen LogP contribution in [0.2, 0.25) is 0 Å². The zero-order chi connectivity index (χ0) is 41.1. The molecule has 0 saturated heterocycles. The Morgan fingerprint density at radius 2 is 1.27 bits per heavy atom. The third-order valence-corrected chi connectivity index (χ3v) is 8.37. The average Bonchev–Trinajstić information content (AvgIpc) is 3.59. The maximum atomic E-state index is 13.0. The van der Waals surface area contributed by atoms with Crippen molar-refractivity contribution < 1.29 is 95.4 Å². The van der Waals surface area contributed by atoms with Crippen molar-refractivity contribution in [1.82, 2.24) is 0 Å². The first-order valence-electron chi connectivity index (χ1n) is 14.8. The van der Waals surface area contributed by atoms with E-state index in [-0.39, 0.29) is 29.8 Å². The maximum absolute atomic E-state index is 13.0. The molecule has 2 saturated carbocycles. The van der Waals surface area contributed by atoms with Crippen LogP contribution in [0.25, 0.3) is 0 Å². The van der Waals surface area contributed by atoms with Gasteiger partial charge in [-0.05, 0) is 81.0 Å². The number of methoxy groups -OCH3 is 1. The van der Waals surface area contributed by atoms with Gasteiger partial charge in [0.25, 0.3) is 11.2 Å². The number of ether oxygens (including phenoxy) is 2. The molecule has 0 spiro atoms. The van der Waals surface area contributed by atoms with Crippen molar-refractivity contribution in [2.24, 2.45) is 17.8 Å². The highest BCUT2D eigenvalue weighted by atomic mass is 19.4. The van der Waals surface area contributed by atoms with Crippen LogP contribution in [0.1, 0.15) is 57.1 Å². The van der Waals surface area contributed by atoms with E-state index in [2.05, 4.69) is 17.9 Å². The van der Waals surface area contributed by atoms with E-state index >= 15 is 0 Å². The Bertz CT molecular complexity index is 1360. The summed E-state index contributed by atoms with van der Waals surface area (Å²) in [7, 11) is 0.860. The molecule has 52 heavy (non-hydrogen) atoms. The number of carbonyl (C=O) groups excluding carboxylic acids is 1. The van der Waals surface area contributed by atoms with Gasteiger partial charge in [-0.1, -0.05) is 25.7 Å². The third-order valence-electron chi connectivity index (χ3n) is 8.37. The van der Waals surface area contributed by atoms with Crippen LogP contribution in [-0.2, 0) is 20.7 Å². The number of rotatable bonds is 8. The number of benzene rings is 1. The minimum absolute atomic E-state index is 0.0915. The van der Waals surface area contributed by atoms with Crippen LogP contribution in [0.15, 0.2) is 43.0 Å². The Labute approximate surface area is 286 Å². The molecular weight excluding hydrogens is 753 g/mol. The van der Waals surface area contributed by atoms with Crippen LogP contribution in [0, 0.1) is 17.8 Å². The Balaban J connectivity index is 0.000000424. The molecule has 2 aliphatic rings. The van der Waals surface area contributed by atoms with Crippen molar-refractivity contribution in [3.63, 3.8) is 0 Å². The molecule has 0 amide bonds.